The summed E-state index contributed by atoms with van der Waals surface area (Å²) in [4.78, 5) is 0. The van der Waals surface area contributed by atoms with Gasteiger partial charge in [-0.3, -0.25) is 0 Å². The van der Waals surface area contributed by atoms with Gasteiger partial charge in [0.25, 0.3) is 0 Å². The third-order valence-electron chi connectivity index (χ3n) is 3.36. The normalized spacial score (nSPS) is 16.2. The van der Waals surface area contributed by atoms with E-state index in [1.54, 1.807) is 15.6 Å². The lowest BCUT2D eigenvalue weighted by Gasteiger charge is -2.21. The first-order valence-corrected chi connectivity index (χ1v) is 9.78. The summed E-state index contributed by atoms with van der Waals surface area (Å²) in [6, 6.07) is 2.65. The molecule has 20 heavy (non-hydrogen) atoms. The molecule has 0 saturated heterocycles. The van der Waals surface area contributed by atoms with Crippen LogP contribution < -0.4 is 5.32 Å². The van der Waals surface area contributed by atoms with E-state index in [1.807, 2.05) is 16.8 Å². The molecule has 1 fully saturated rings. The van der Waals surface area contributed by atoms with Crippen LogP contribution in [-0.2, 0) is 16.6 Å². The van der Waals surface area contributed by atoms with Crippen molar-refractivity contribution in [1.82, 2.24) is 9.62 Å². The van der Waals surface area contributed by atoms with Crippen LogP contribution in [0.4, 0.5) is 0 Å². The van der Waals surface area contributed by atoms with Gasteiger partial charge in [0.15, 0.2) is 0 Å². The van der Waals surface area contributed by atoms with Gasteiger partial charge in [-0.05, 0) is 48.2 Å². The number of nitrogens with zero attached hydrogens (tertiary/aromatic N) is 1. The van der Waals surface area contributed by atoms with Crippen molar-refractivity contribution in [2.75, 3.05) is 12.3 Å². The van der Waals surface area contributed by atoms with Crippen molar-refractivity contribution in [2.24, 2.45) is 0 Å². The highest BCUT2D eigenvalue weighted by molar-refractivity contribution is 7.89. The van der Waals surface area contributed by atoms with Crippen LogP contribution in [0.1, 0.15) is 38.7 Å². The van der Waals surface area contributed by atoms with E-state index in [0.29, 0.717) is 19.0 Å². The average molecular weight is 316 g/mol. The van der Waals surface area contributed by atoms with Gasteiger partial charge in [-0.25, -0.2) is 8.42 Å². The fourth-order valence-electron chi connectivity index (χ4n) is 2.14. The lowest BCUT2D eigenvalue weighted by atomic mass is 10.3. The molecule has 0 aliphatic heterocycles. The summed E-state index contributed by atoms with van der Waals surface area (Å²) in [6.45, 7) is 5.44. The highest BCUT2D eigenvalue weighted by Crippen LogP contribution is 2.31. The predicted molar refractivity (Wildman–Crippen MR) is 84.4 cm³/mol. The first-order valence-electron chi connectivity index (χ1n) is 7.23. The topological polar surface area (TPSA) is 49.4 Å². The summed E-state index contributed by atoms with van der Waals surface area (Å²) < 4.78 is 26.7. The second-order valence-corrected chi connectivity index (χ2v) is 8.51. The van der Waals surface area contributed by atoms with Gasteiger partial charge in [-0.15, -0.1) is 0 Å². The van der Waals surface area contributed by atoms with Crippen LogP contribution in [0, 0.1) is 0 Å². The van der Waals surface area contributed by atoms with Crippen LogP contribution in [0.25, 0.3) is 0 Å². The molecule has 0 amide bonds. The smallest absolute Gasteiger partial charge is 0.214 e. The SMILES string of the molecule is CC(C)NCCCS(=O)(=O)N(Cc1ccsc1)C1CC1. The van der Waals surface area contributed by atoms with E-state index < -0.39 is 10.0 Å². The first kappa shape index (κ1) is 15.9. The average Bonchev–Trinajstić information content (AvgIpc) is 3.08. The molecule has 6 heteroatoms. The predicted octanol–water partition coefficient (Wildman–Crippen LogP) is 2.43. The third kappa shape index (κ3) is 4.84. The lowest BCUT2D eigenvalue weighted by Crippen LogP contribution is -2.35. The van der Waals surface area contributed by atoms with Crippen molar-refractivity contribution in [3.05, 3.63) is 22.4 Å². The van der Waals surface area contributed by atoms with Crippen LogP contribution in [0.2, 0.25) is 0 Å². The molecule has 0 spiro atoms. The van der Waals surface area contributed by atoms with E-state index in [1.165, 1.54) is 0 Å². The second-order valence-electron chi connectivity index (χ2n) is 5.69. The summed E-state index contributed by atoms with van der Waals surface area (Å²) >= 11 is 1.62. The maximum atomic E-state index is 12.5. The van der Waals surface area contributed by atoms with Gasteiger partial charge >= 0.3 is 0 Å². The van der Waals surface area contributed by atoms with Crippen LogP contribution in [0.3, 0.4) is 0 Å². The third-order valence-corrected chi connectivity index (χ3v) is 6.04. The summed E-state index contributed by atoms with van der Waals surface area (Å²) in [7, 11) is -3.14. The Morgan fingerprint density at radius 3 is 2.75 bits per heavy atom. The minimum atomic E-state index is -3.14. The molecule has 2 rings (SSSR count). The van der Waals surface area contributed by atoms with Crippen molar-refractivity contribution in [2.45, 2.75) is 51.7 Å². The number of thiophene rings is 1. The molecule has 0 radical (unpaired) electrons. The van der Waals surface area contributed by atoms with Crippen molar-refractivity contribution in [3.8, 4) is 0 Å². The van der Waals surface area contributed by atoms with Gasteiger partial charge in [-0.2, -0.15) is 15.6 Å². The Balaban J connectivity index is 1.90. The number of hydrogen-bond acceptors (Lipinski definition) is 4. The van der Waals surface area contributed by atoms with Crippen LogP contribution >= 0.6 is 11.3 Å². The molecule has 1 aliphatic carbocycles. The number of sulfonamides is 1. The number of hydrogen-bond donors (Lipinski definition) is 1. The van der Waals surface area contributed by atoms with Crippen LogP contribution in [0.5, 0.6) is 0 Å². The Labute approximate surface area is 126 Å². The Kier molecular flexibility index (Phi) is 5.60. The van der Waals surface area contributed by atoms with Gasteiger partial charge in [0.1, 0.15) is 0 Å². The van der Waals surface area contributed by atoms with Gasteiger partial charge in [-0.1, -0.05) is 13.8 Å². The van der Waals surface area contributed by atoms with E-state index in [4.69, 9.17) is 0 Å². The Morgan fingerprint density at radius 1 is 1.45 bits per heavy atom. The van der Waals surface area contributed by atoms with E-state index in [-0.39, 0.29) is 11.8 Å². The largest absolute Gasteiger partial charge is 0.314 e. The second kappa shape index (κ2) is 7.02. The zero-order valence-electron chi connectivity index (χ0n) is 12.2. The molecule has 0 bridgehead atoms. The standard InChI is InChI=1S/C14H24N2O2S2/c1-12(2)15-7-3-9-20(17,18)16(14-4-5-14)10-13-6-8-19-11-13/h6,8,11-12,14-15H,3-5,7,9-10H2,1-2H3. The summed E-state index contributed by atoms with van der Waals surface area (Å²) in [5.74, 6) is 0.243. The summed E-state index contributed by atoms with van der Waals surface area (Å²) in [6.07, 6.45) is 2.69. The Hall–Kier alpha value is -0.430. The first-order chi connectivity index (χ1) is 9.49. The number of nitrogens with one attached hydrogen (secondary N) is 1. The highest BCUT2D eigenvalue weighted by Gasteiger charge is 2.36. The van der Waals surface area contributed by atoms with Crippen molar-refractivity contribution >= 4 is 21.4 Å². The molecule has 1 aromatic heterocycles. The molecule has 1 N–H and O–H groups in total. The fourth-order valence-corrected chi connectivity index (χ4v) is 4.56. The minimum absolute atomic E-state index is 0.234. The molecule has 1 saturated carbocycles. The van der Waals surface area contributed by atoms with Crippen molar-refractivity contribution < 1.29 is 8.42 Å². The maximum absolute atomic E-state index is 12.5. The molecule has 1 heterocycles. The summed E-state index contributed by atoms with van der Waals surface area (Å²) in [5, 5.41) is 7.30. The van der Waals surface area contributed by atoms with Gasteiger partial charge in [0.05, 0.1) is 5.75 Å². The van der Waals surface area contributed by atoms with Crippen LogP contribution in [0.15, 0.2) is 16.8 Å². The molecule has 0 atom stereocenters. The van der Waals surface area contributed by atoms with E-state index in [2.05, 4.69) is 19.2 Å². The summed E-state index contributed by atoms with van der Waals surface area (Å²) in [5.41, 5.74) is 1.10. The number of rotatable bonds is 9. The zero-order valence-corrected chi connectivity index (χ0v) is 13.8. The molecule has 114 valence electrons. The quantitative estimate of drug-likeness (QED) is 0.712. The van der Waals surface area contributed by atoms with Gasteiger partial charge in [0, 0.05) is 18.6 Å². The minimum Gasteiger partial charge on any atom is -0.314 e. The van der Waals surface area contributed by atoms with Crippen molar-refractivity contribution in [3.63, 3.8) is 0 Å². The lowest BCUT2D eigenvalue weighted by molar-refractivity contribution is 0.397. The zero-order chi connectivity index (χ0) is 14.6. The van der Waals surface area contributed by atoms with E-state index in [0.717, 1.165) is 24.9 Å². The van der Waals surface area contributed by atoms with Gasteiger partial charge < -0.3 is 5.32 Å². The maximum Gasteiger partial charge on any atom is 0.214 e. The van der Waals surface area contributed by atoms with Gasteiger partial charge in [0.2, 0.25) is 10.0 Å². The molecule has 0 unspecified atom stereocenters. The molecular formula is C14H24N2O2S2. The molecule has 1 aromatic rings. The molecule has 4 nitrogen and oxygen atoms in total. The van der Waals surface area contributed by atoms with E-state index in [9.17, 15) is 8.42 Å². The molecule has 0 aromatic carbocycles. The highest BCUT2D eigenvalue weighted by atomic mass is 32.2. The van der Waals surface area contributed by atoms with Crippen molar-refractivity contribution in [1.29, 1.82) is 0 Å². The molecule has 1 aliphatic rings. The van der Waals surface area contributed by atoms with E-state index >= 15 is 0 Å². The monoisotopic (exact) mass is 316 g/mol. The van der Waals surface area contributed by atoms with Crippen LogP contribution in [-0.4, -0.2) is 37.1 Å². The molecular weight excluding hydrogens is 292 g/mol. The fraction of sp³-hybridized carbons (Fsp3) is 0.714. The Bertz CT molecular complexity index is 493. The Morgan fingerprint density at radius 2 is 2.20 bits per heavy atom.